The molecule has 19 heteroatoms. The number of aliphatic hydroxyl groups is 1. The Bertz CT molecular complexity index is 1960. The lowest BCUT2D eigenvalue weighted by Crippen LogP contribution is -2.30. The van der Waals surface area contributed by atoms with Crippen LogP contribution < -0.4 is 0 Å². The van der Waals surface area contributed by atoms with Gasteiger partial charge in [0, 0.05) is 25.7 Å². The van der Waals surface area contributed by atoms with Crippen molar-refractivity contribution in [2.75, 3.05) is 39.6 Å². The van der Waals surface area contributed by atoms with E-state index in [1.165, 1.54) is 257 Å². The monoisotopic (exact) mass is 1490 g/mol. The molecule has 0 aromatic rings. The fourth-order valence-corrected chi connectivity index (χ4v) is 14.5. The van der Waals surface area contributed by atoms with E-state index in [1.807, 2.05) is 0 Å². The Kier molecular flexibility index (Phi) is 73.1. The Morgan fingerprint density at radius 1 is 0.265 bits per heavy atom. The Morgan fingerprint density at radius 2 is 0.451 bits per heavy atom. The second kappa shape index (κ2) is 74.5. The first kappa shape index (κ1) is 100. The van der Waals surface area contributed by atoms with E-state index < -0.39 is 97.5 Å². The lowest BCUT2D eigenvalue weighted by atomic mass is 10.0. The van der Waals surface area contributed by atoms with Gasteiger partial charge in [-0.1, -0.05) is 388 Å². The highest BCUT2D eigenvalue weighted by Gasteiger charge is 2.30. The van der Waals surface area contributed by atoms with Gasteiger partial charge in [-0.25, -0.2) is 9.13 Å². The Balaban J connectivity index is 5.26. The van der Waals surface area contributed by atoms with E-state index in [-0.39, 0.29) is 25.7 Å². The highest BCUT2D eigenvalue weighted by Crippen LogP contribution is 2.45. The van der Waals surface area contributed by atoms with Crippen molar-refractivity contribution in [3.8, 4) is 0 Å². The summed E-state index contributed by atoms with van der Waals surface area (Å²) in [5.41, 5.74) is 0. The molecule has 0 saturated carbocycles. The first-order valence-electron chi connectivity index (χ1n) is 43.0. The molecule has 0 fully saturated rings. The molecular weight excluding hydrogens is 1330 g/mol. The van der Waals surface area contributed by atoms with Crippen LogP contribution in [0.1, 0.15) is 440 Å². The van der Waals surface area contributed by atoms with Crippen molar-refractivity contribution >= 4 is 39.5 Å². The van der Waals surface area contributed by atoms with Crippen molar-refractivity contribution in [2.24, 2.45) is 11.8 Å². The second-order valence-corrected chi connectivity index (χ2v) is 33.7. The molecule has 0 spiro atoms. The zero-order valence-electron chi connectivity index (χ0n) is 66.9. The van der Waals surface area contributed by atoms with Crippen molar-refractivity contribution in [3.05, 3.63) is 0 Å². The molecule has 0 saturated heterocycles. The number of aliphatic hydroxyl groups excluding tert-OH is 1. The van der Waals surface area contributed by atoms with Gasteiger partial charge in [-0.2, -0.15) is 0 Å². The summed E-state index contributed by atoms with van der Waals surface area (Å²) >= 11 is 0. The Labute approximate surface area is 626 Å². The Hall–Kier alpha value is -1.94. The van der Waals surface area contributed by atoms with Crippen LogP contribution in [0.5, 0.6) is 0 Å². The van der Waals surface area contributed by atoms with Crippen LogP contribution in [-0.4, -0.2) is 96.7 Å². The zero-order valence-corrected chi connectivity index (χ0v) is 68.7. The predicted molar refractivity (Wildman–Crippen MR) is 418 cm³/mol. The van der Waals surface area contributed by atoms with Gasteiger partial charge in [0.1, 0.15) is 19.3 Å². The van der Waals surface area contributed by atoms with Gasteiger partial charge in [0.05, 0.1) is 26.4 Å². The molecule has 0 aliphatic rings. The summed E-state index contributed by atoms with van der Waals surface area (Å²) in [4.78, 5) is 73.1. The largest absolute Gasteiger partial charge is 0.472 e. The third-order valence-corrected chi connectivity index (χ3v) is 21.4. The minimum Gasteiger partial charge on any atom is -0.462 e. The van der Waals surface area contributed by atoms with Crippen LogP contribution in [0.2, 0.25) is 0 Å². The average Bonchev–Trinajstić information content (AvgIpc) is 0.909. The number of esters is 4. The van der Waals surface area contributed by atoms with Crippen molar-refractivity contribution < 1.29 is 80.2 Å². The summed E-state index contributed by atoms with van der Waals surface area (Å²) in [6.45, 7) is 9.67. The zero-order chi connectivity index (χ0) is 74.9. The third kappa shape index (κ3) is 76.3. The summed E-state index contributed by atoms with van der Waals surface area (Å²) < 4.78 is 68.8. The molecule has 0 aliphatic carbocycles. The normalized spacial score (nSPS) is 13.9. The number of carbonyl (C=O) groups excluding carboxylic acids is 4. The SMILES string of the molecule is CCCCCCCCCCCCCCCCCCCCCC(=O)O[C@H](COC(=O)CCCCCCCCCCCCCCCCC(C)C)COP(=O)(O)OC[C@@H](O)COP(=O)(O)OC[C@@H](COC(=O)CCCCCCCCCCCCCCC)OC(=O)CCCCCCCCCCCCC(C)C. The summed E-state index contributed by atoms with van der Waals surface area (Å²) in [6, 6.07) is 0. The van der Waals surface area contributed by atoms with Crippen LogP contribution in [0.3, 0.4) is 0 Å². The maximum atomic E-state index is 13.1. The molecule has 0 heterocycles. The van der Waals surface area contributed by atoms with Crippen molar-refractivity contribution in [2.45, 2.75) is 458 Å². The van der Waals surface area contributed by atoms with E-state index in [2.05, 4.69) is 41.5 Å². The van der Waals surface area contributed by atoms with Gasteiger partial charge in [0.2, 0.25) is 0 Å². The van der Waals surface area contributed by atoms with E-state index >= 15 is 0 Å². The van der Waals surface area contributed by atoms with Crippen LogP contribution in [0, 0.1) is 11.8 Å². The van der Waals surface area contributed by atoms with E-state index in [9.17, 15) is 43.2 Å². The number of hydrogen-bond acceptors (Lipinski definition) is 15. The molecular formula is C83H162O17P2. The first-order chi connectivity index (χ1) is 49.4. The van der Waals surface area contributed by atoms with Gasteiger partial charge in [-0.05, 0) is 37.5 Å². The first-order valence-corrected chi connectivity index (χ1v) is 46.0. The van der Waals surface area contributed by atoms with Crippen molar-refractivity contribution in [3.63, 3.8) is 0 Å². The van der Waals surface area contributed by atoms with Crippen molar-refractivity contribution in [1.29, 1.82) is 0 Å². The third-order valence-electron chi connectivity index (χ3n) is 19.5. The van der Waals surface area contributed by atoms with Gasteiger partial charge in [-0.3, -0.25) is 37.3 Å². The van der Waals surface area contributed by atoms with Crippen LogP contribution in [0.25, 0.3) is 0 Å². The van der Waals surface area contributed by atoms with E-state index in [1.54, 1.807) is 0 Å². The number of phosphoric acid groups is 2. The molecule has 0 radical (unpaired) electrons. The maximum Gasteiger partial charge on any atom is 0.472 e. The molecule has 0 aromatic heterocycles. The predicted octanol–water partition coefficient (Wildman–Crippen LogP) is 25.1. The molecule has 17 nitrogen and oxygen atoms in total. The number of carbonyl (C=O) groups is 4. The van der Waals surface area contributed by atoms with Crippen molar-refractivity contribution in [1.82, 2.24) is 0 Å². The smallest absolute Gasteiger partial charge is 0.462 e. The maximum absolute atomic E-state index is 13.1. The fraction of sp³-hybridized carbons (Fsp3) is 0.952. The molecule has 0 bridgehead atoms. The fourth-order valence-electron chi connectivity index (χ4n) is 12.9. The number of ether oxygens (including phenoxy) is 4. The average molecular weight is 1490 g/mol. The van der Waals surface area contributed by atoms with Gasteiger partial charge in [0.15, 0.2) is 12.2 Å². The van der Waals surface area contributed by atoms with Gasteiger partial charge >= 0.3 is 39.5 Å². The lowest BCUT2D eigenvalue weighted by Gasteiger charge is -2.21. The van der Waals surface area contributed by atoms with Gasteiger partial charge < -0.3 is 33.8 Å². The quantitative estimate of drug-likeness (QED) is 0.0222. The highest BCUT2D eigenvalue weighted by molar-refractivity contribution is 7.47. The van der Waals surface area contributed by atoms with Crippen LogP contribution in [0.15, 0.2) is 0 Å². The lowest BCUT2D eigenvalue weighted by molar-refractivity contribution is -0.161. The number of phosphoric ester groups is 2. The minimum atomic E-state index is -4.96. The molecule has 2 unspecified atom stereocenters. The number of hydrogen-bond donors (Lipinski definition) is 3. The molecule has 606 valence electrons. The molecule has 0 aromatic carbocycles. The molecule has 0 amide bonds. The molecule has 3 N–H and O–H groups in total. The van der Waals surface area contributed by atoms with Crippen LogP contribution in [-0.2, 0) is 65.4 Å². The van der Waals surface area contributed by atoms with E-state index in [0.29, 0.717) is 25.7 Å². The van der Waals surface area contributed by atoms with Gasteiger partial charge in [-0.15, -0.1) is 0 Å². The van der Waals surface area contributed by atoms with Gasteiger partial charge in [0.25, 0.3) is 0 Å². The standard InChI is InChI=1S/C83H162O17P2/c1-7-9-11-13-15-17-19-21-22-23-24-25-26-32-36-43-49-55-61-67-82(87)99-78(71-94-81(86)66-60-54-48-42-35-31-28-27-30-33-39-45-51-57-63-75(3)4)73-97-101(89,90)95-69-77(84)70-96-102(91,92)98-74-79(100-83(88)68-62-56-50-44-38-37-40-46-52-58-64-76(5)6)72-93-80(85)65-59-53-47-41-34-29-20-18-16-14-12-10-8-2/h75-79,84H,7-74H2,1-6H3,(H,89,90)(H,91,92)/t77-,78-,79-/m1/s1. The minimum absolute atomic E-state index is 0.107. The number of unbranched alkanes of at least 4 members (excludes halogenated alkanes) is 52. The molecule has 5 atom stereocenters. The van der Waals surface area contributed by atoms with Crippen LogP contribution in [0.4, 0.5) is 0 Å². The molecule has 102 heavy (non-hydrogen) atoms. The summed E-state index contributed by atoms with van der Waals surface area (Å²) in [5.74, 6) is -0.553. The second-order valence-electron chi connectivity index (χ2n) is 30.8. The number of rotatable bonds is 82. The summed E-state index contributed by atoms with van der Waals surface area (Å²) in [5, 5.41) is 10.7. The molecule has 0 aliphatic heterocycles. The van der Waals surface area contributed by atoms with E-state index in [4.69, 9.17) is 37.0 Å². The summed E-state index contributed by atoms with van der Waals surface area (Å²) in [7, 11) is -9.92. The topological polar surface area (TPSA) is 237 Å². The molecule has 0 rings (SSSR count). The highest BCUT2D eigenvalue weighted by atomic mass is 31.2. The summed E-state index contributed by atoms with van der Waals surface area (Å²) in [6.07, 6.45) is 65.1. The van der Waals surface area contributed by atoms with E-state index in [0.717, 1.165) is 102 Å². The Morgan fingerprint density at radius 3 is 0.667 bits per heavy atom. The van der Waals surface area contributed by atoms with Crippen LogP contribution >= 0.6 is 15.6 Å².